The first-order chi connectivity index (χ1) is 14.1. The highest BCUT2D eigenvalue weighted by molar-refractivity contribution is 7.98. The Labute approximate surface area is 174 Å². The molecule has 146 valence electrons. The van der Waals surface area contributed by atoms with Crippen LogP contribution in [0.4, 0.5) is 10.1 Å². The molecule has 0 saturated carbocycles. The highest BCUT2D eigenvalue weighted by Crippen LogP contribution is 2.35. The molecule has 4 rings (SSSR count). The van der Waals surface area contributed by atoms with E-state index in [0.717, 1.165) is 21.7 Å². The fourth-order valence-electron chi connectivity index (χ4n) is 3.72. The van der Waals surface area contributed by atoms with Crippen LogP contribution in [0.1, 0.15) is 11.1 Å². The third-order valence-electron chi connectivity index (χ3n) is 5.32. The topological polar surface area (TPSA) is 32.7 Å². The van der Waals surface area contributed by atoms with Crippen molar-refractivity contribution in [3.05, 3.63) is 95.8 Å². The van der Waals surface area contributed by atoms with E-state index in [0.29, 0.717) is 13.0 Å². The average molecular weight is 405 g/mol. The zero-order valence-corrected chi connectivity index (χ0v) is 16.9. The van der Waals surface area contributed by atoms with E-state index in [2.05, 4.69) is 5.10 Å². The quantitative estimate of drug-likeness (QED) is 0.555. The third-order valence-corrected chi connectivity index (χ3v) is 6.07. The lowest BCUT2D eigenvalue weighted by Crippen LogP contribution is -2.51. The summed E-state index contributed by atoms with van der Waals surface area (Å²) in [6.07, 6.45) is 4.00. The largest absolute Gasteiger partial charge is 0.292 e. The summed E-state index contributed by atoms with van der Waals surface area (Å²) in [6, 6.07) is 24.4. The molecule has 1 aliphatic heterocycles. The van der Waals surface area contributed by atoms with Gasteiger partial charge in [-0.1, -0.05) is 42.5 Å². The molecule has 5 heteroatoms. The number of ketones is 1. The highest BCUT2D eigenvalue weighted by atomic mass is 32.2. The van der Waals surface area contributed by atoms with Crippen molar-refractivity contribution in [2.24, 2.45) is 5.10 Å². The van der Waals surface area contributed by atoms with Crippen LogP contribution in [0.25, 0.3) is 0 Å². The predicted octanol–water partition coefficient (Wildman–Crippen LogP) is 5.10. The number of hydrazone groups is 1. The molecule has 0 radical (unpaired) electrons. The SMILES string of the molecule is CSc1ccc(C2(Cc3ccccc3)CN(c3ccc(F)cc3)N=CC2=O)cc1. The molecule has 0 aromatic heterocycles. The van der Waals surface area contributed by atoms with E-state index in [-0.39, 0.29) is 11.6 Å². The molecular weight excluding hydrogens is 383 g/mol. The molecule has 0 amide bonds. The van der Waals surface area contributed by atoms with Gasteiger partial charge in [-0.25, -0.2) is 4.39 Å². The monoisotopic (exact) mass is 404 g/mol. The number of Topliss-reactive ketones (excluding diaryl/α,β-unsaturated/α-hetero) is 1. The Kier molecular flexibility index (Phi) is 5.49. The number of carbonyl (C=O) groups is 1. The number of anilines is 1. The van der Waals surface area contributed by atoms with Gasteiger partial charge in [0.05, 0.1) is 23.9 Å². The molecule has 1 atom stereocenters. The number of hydrogen-bond acceptors (Lipinski definition) is 4. The first kappa shape index (κ1) is 19.4. The molecule has 1 unspecified atom stereocenters. The third kappa shape index (κ3) is 3.96. The van der Waals surface area contributed by atoms with Gasteiger partial charge in [-0.3, -0.25) is 9.80 Å². The van der Waals surface area contributed by atoms with Crippen molar-refractivity contribution in [3.63, 3.8) is 0 Å². The van der Waals surface area contributed by atoms with Gasteiger partial charge < -0.3 is 0 Å². The van der Waals surface area contributed by atoms with Crippen molar-refractivity contribution >= 4 is 29.4 Å². The molecule has 1 heterocycles. The standard InChI is InChI=1S/C24H21FN2OS/c1-29-22-13-7-19(8-14-22)24(15-18-5-3-2-4-6-18)17-27(26-16-23(24)28)21-11-9-20(25)10-12-21/h2-14,16H,15,17H2,1H3. The van der Waals surface area contributed by atoms with Crippen LogP contribution < -0.4 is 5.01 Å². The van der Waals surface area contributed by atoms with E-state index in [4.69, 9.17) is 0 Å². The summed E-state index contributed by atoms with van der Waals surface area (Å²) in [6.45, 7) is 0.390. The van der Waals surface area contributed by atoms with E-state index in [9.17, 15) is 9.18 Å². The molecule has 1 aliphatic rings. The summed E-state index contributed by atoms with van der Waals surface area (Å²) in [4.78, 5) is 14.4. The van der Waals surface area contributed by atoms with E-state index in [1.807, 2.05) is 60.9 Å². The number of benzene rings is 3. The number of nitrogens with zero attached hydrogens (tertiary/aromatic N) is 2. The molecule has 0 bridgehead atoms. The summed E-state index contributed by atoms with van der Waals surface area (Å²) in [5.41, 5.74) is 2.04. The highest BCUT2D eigenvalue weighted by Gasteiger charge is 2.43. The molecule has 0 N–H and O–H groups in total. The van der Waals surface area contributed by atoms with Gasteiger partial charge in [0.2, 0.25) is 0 Å². The van der Waals surface area contributed by atoms with Crippen LogP contribution in [0.3, 0.4) is 0 Å². The van der Waals surface area contributed by atoms with Gasteiger partial charge in [0.15, 0.2) is 5.78 Å². The molecule has 0 fully saturated rings. The molecule has 3 aromatic carbocycles. The van der Waals surface area contributed by atoms with Crippen LogP contribution in [0, 0.1) is 5.82 Å². The first-order valence-corrected chi connectivity index (χ1v) is 10.6. The molecule has 3 nitrogen and oxygen atoms in total. The Morgan fingerprint density at radius 1 is 1.00 bits per heavy atom. The van der Waals surface area contributed by atoms with Crippen molar-refractivity contribution < 1.29 is 9.18 Å². The lowest BCUT2D eigenvalue weighted by Gasteiger charge is -2.39. The predicted molar refractivity (Wildman–Crippen MR) is 117 cm³/mol. The van der Waals surface area contributed by atoms with Crippen LogP contribution in [0.2, 0.25) is 0 Å². The van der Waals surface area contributed by atoms with Crippen LogP contribution in [-0.2, 0) is 16.6 Å². The zero-order chi connectivity index (χ0) is 20.3. The van der Waals surface area contributed by atoms with Crippen molar-refractivity contribution in [3.8, 4) is 0 Å². The van der Waals surface area contributed by atoms with Crippen molar-refractivity contribution in [2.75, 3.05) is 17.8 Å². The van der Waals surface area contributed by atoms with E-state index in [1.165, 1.54) is 18.3 Å². The summed E-state index contributed by atoms with van der Waals surface area (Å²) in [5, 5.41) is 6.12. The normalized spacial score (nSPS) is 18.8. The first-order valence-electron chi connectivity index (χ1n) is 9.41. The molecule has 3 aromatic rings. The number of halogens is 1. The van der Waals surface area contributed by atoms with Gasteiger partial charge in [-0.05, 0) is 60.2 Å². The molecule has 0 spiro atoms. The maximum absolute atomic E-state index is 13.4. The van der Waals surface area contributed by atoms with E-state index in [1.54, 1.807) is 28.9 Å². The smallest absolute Gasteiger partial charge is 0.188 e. The Morgan fingerprint density at radius 3 is 2.34 bits per heavy atom. The number of thioether (sulfide) groups is 1. The van der Waals surface area contributed by atoms with Crippen LogP contribution in [0.15, 0.2) is 88.9 Å². The second-order valence-corrected chi connectivity index (χ2v) is 8.00. The number of hydrogen-bond donors (Lipinski definition) is 0. The Bertz CT molecular complexity index is 1020. The van der Waals surface area contributed by atoms with Gasteiger partial charge in [0.25, 0.3) is 0 Å². The summed E-state index contributed by atoms with van der Waals surface area (Å²) in [7, 11) is 0. The number of carbonyl (C=O) groups excluding carboxylic acids is 1. The van der Waals surface area contributed by atoms with E-state index < -0.39 is 5.41 Å². The van der Waals surface area contributed by atoms with Crippen molar-refractivity contribution in [1.82, 2.24) is 0 Å². The summed E-state index contributed by atoms with van der Waals surface area (Å²) >= 11 is 1.67. The van der Waals surface area contributed by atoms with Crippen molar-refractivity contribution in [1.29, 1.82) is 0 Å². The second-order valence-electron chi connectivity index (χ2n) is 7.12. The maximum Gasteiger partial charge on any atom is 0.188 e. The molecule has 0 saturated heterocycles. The second kappa shape index (κ2) is 8.21. The minimum atomic E-state index is -0.769. The van der Waals surface area contributed by atoms with E-state index >= 15 is 0 Å². The van der Waals surface area contributed by atoms with Crippen LogP contribution in [0.5, 0.6) is 0 Å². The summed E-state index contributed by atoms with van der Waals surface area (Å²) < 4.78 is 13.4. The molecule has 0 aliphatic carbocycles. The average Bonchev–Trinajstić information content (AvgIpc) is 2.77. The fourth-order valence-corrected chi connectivity index (χ4v) is 4.13. The minimum Gasteiger partial charge on any atom is -0.292 e. The number of rotatable bonds is 5. The van der Waals surface area contributed by atoms with Crippen molar-refractivity contribution in [2.45, 2.75) is 16.7 Å². The van der Waals surface area contributed by atoms with Gasteiger partial charge >= 0.3 is 0 Å². The fraction of sp³-hybridized carbons (Fsp3) is 0.167. The van der Waals surface area contributed by atoms with Gasteiger partial charge in [0.1, 0.15) is 5.82 Å². The van der Waals surface area contributed by atoms with Crippen LogP contribution >= 0.6 is 11.8 Å². The summed E-state index contributed by atoms with van der Waals surface area (Å²) in [5.74, 6) is -0.314. The van der Waals surface area contributed by atoms with Gasteiger partial charge in [0, 0.05) is 4.90 Å². The maximum atomic E-state index is 13.4. The lowest BCUT2D eigenvalue weighted by atomic mass is 9.71. The van der Waals surface area contributed by atoms with Gasteiger partial charge in [-0.15, -0.1) is 11.8 Å². The van der Waals surface area contributed by atoms with Crippen LogP contribution in [-0.4, -0.2) is 24.8 Å². The lowest BCUT2D eigenvalue weighted by molar-refractivity contribution is -0.117. The molecular formula is C24H21FN2OS. The molecule has 29 heavy (non-hydrogen) atoms. The van der Waals surface area contributed by atoms with Gasteiger partial charge in [-0.2, -0.15) is 5.10 Å². The Balaban J connectivity index is 1.78. The Morgan fingerprint density at radius 2 is 1.69 bits per heavy atom. The zero-order valence-electron chi connectivity index (χ0n) is 16.1. The Hall–Kier alpha value is -2.92. The minimum absolute atomic E-state index is 0.0170.